The van der Waals surface area contributed by atoms with Gasteiger partial charge in [-0.1, -0.05) is 12.1 Å². The summed E-state index contributed by atoms with van der Waals surface area (Å²) in [5.74, 6) is 0.559. The highest BCUT2D eigenvalue weighted by atomic mass is 16.5. The van der Waals surface area contributed by atoms with Gasteiger partial charge in [0.15, 0.2) is 0 Å². The summed E-state index contributed by atoms with van der Waals surface area (Å²) < 4.78 is 5.45. The predicted molar refractivity (Wildman–Crippen MR) is 87.9 cm³/mol. The number of hydrogen-bond acceptors (Lipinski definition) is 4. The fraction of sp³-hybridized carbons (Fsp3) is 0.529. The standard InChI is InChI=1S/C17H25N3O3/c1-3-23-16-6-4-14(5-7-16)11-20-9-8-19(13(2)21)12-15(20)10-17(18)22/h4-7,15H,3,8-12H2,1-2H3,(H2,18,22). The molecule has 2 N–H and O–H groups in total. The van der Waals surface area contributed by atoms with E-state index in [1.165, 1.54) is 0 Å². The van der Waals surface area contributed by atoms with Crippen LogP contribution in [0.1, 0.15) is 25.8 Å². The lowest BCUT2D eigenvalue weighted by Gasteiger charge is -2.40. The zero-order chi connectivity index (χ0) is 16.8. The van der Waals surface area contributed by atoms with Crippen LogP contribution in [0, 0.1) is 0 Å². The Labute approximate surface area is 137 Å². The first-order chi connectivity index (χ1) is 11.0. The van der Waals surface area contributed by atoms with E-state index in [-0.39, 0.29) is 24.3 Å². The Morgan fingerprint density at radius 1 is 1.26 bits per heavy atom. The number of benzene rings is 1. The van der Waals surface area contributed by atoms with E-state index in [4.69, 9.17) is 10.5 Å². The fourth-order valence-electron chi connectivity index (χ4n) is 2.91. The Morgan fingerprint density at radius 2 is 1.96 bits per heavy atom. The molecule has 1 atom stereocenters. The number of amides is 2. The molecule has 0 saturated carbocycles. The summed E-state index contributed by atoms with van der Waals surface area (Å²) >= 11 is 0. The number of rotatable bonds is 6. The number of primary amides is 1. The molecule has 126 valence electrons. The quantitative estimate of drug-likeness (QED) is 0.848. The van der Waals surface area contributed by atoms with E-state index in [1.807, 2.05) is 31.2 Å². The highest BCUT2D eigenvalue weighted by Gasteiger charge is 2.29. The van der Waals surface area contributed by atoms with Crippen molar-refractivity contribution in [3.05, 3.63) is 29.8 Å². The van der Waals surface area contributed by atoms with E-state index in [2.05, 4.69) is 4.90 Å². The molecule has 2 rings (SSSR count). The summed E-state index contributed by atoms with van der Waals surface area (Å²) in [5.41, 5.74) is 6.52. The van der Waals surface area contributed by atoms with Crippen LogP contribution in [0.4, 0.5) is 0 Å². The Bertz CT molecular complexity index is 545. The van der Waals surface area contributed by atoms with Gasteiger partial charge < -0.3 is 15.4 Å². The topological polar surface area (TPSA) is 75.9 Å². The van der Waals surface area contributed by atoms with Gasteiger partial charge in [0.2, 0.25) is 11.8 Å². The molecule has 1 heterocycles. The van der Waals surface area contributed by atoms with Gasteiger partial charge in [0.1, 0.15) is 5.75 Å². The number of nitrogens with zero attached hydrogens (tertiary/aromatic N) is 2. The molecule has 2 amide bonds. The van der Waals surface area contributed by atoms with Crippen molar-refractivity contribution in [1.82, 2.24) is 9.80 Å². The van der Waals surface area contributed by atoms with Crippen molar-refractivity contribution in [3.8, 4) is 5.75 Å². The molecule has 1 aromatic rings. The number of hydrogen-bond donors (Lipinski definition) is 1. The molecule has 1 saturated heterocycles. The summed E-state index contributed by atoms with van der Waals surface area (Å²) in [4.78, 5) is 26.9. The summed E-state index contributed by atoms with van der Waals surface area (Å²) in [6.45, 7) is 6.87. The van der Waals surface area contributed by atoms with E-state index in [9.17, 15) is 9.59 Å². The maximum atomic E-state index is 11.6. The van der Waals surface area contributed by atoms with Crippen LogP contribution in [-0.2, 0) is 16.1 Å². The summed E-state index contributed by atoms with van der Waals surface area (Å²) in [6.07, 6.45) is 0.265. The van der Waals surface area contributed by atoms with Crippen molar-refractivity contribution in [3.63, 3.8) is 0 Å². The third-order valence-electron chi connectivity index (χ3n) is 4.11. The van der Waals surface area contributed by atoms with E-state index in [0.29, 0.717) is 19.7 Å². The lowest BCUT2D eigenvalue weighted by atomic mass is 10.1. The Morgan fingerprint density at radius 3 is 2.52 bits per heavy atom. The largest absolute Gasteiger partial charge is 0.494 e. The van der Waals surface area contributed by atoms with Crippen molar-refractivity contribution in [2.75, 3.05) is 26.2 Å². The van der Waals surface area contributed by atoms with Crippen molar-refractivity contribution in [2.45, 2.75) is 32.9 Å². The first-order valence-corrected chi connectivity index (χ1v) is 7.99. The number of carbonyl (C=O) groups excluding carboxylic acids is 2. The molecule has 6 nitrogen and oxygen atoms in total. The van der Waals surface area contributed by atoms with Crippen LogP contribution in [0.5, 0.6) is 5.75 Å². The van der Waals surface area contributed by atoms with E-state index in [0.717, 1.165) is 24.4 Å². The third kappa shape index (κ3) is 4.96. The van der Waals surface area contributed by atoms with Crippen molar-refractivity contribution in [2.24, 2.45) is 5.73 Å². The van der Waals surface area contributed by atoms with Gasteiger partial charge in [0.25, 0.3) is 0 Å². The van der Waals surface area contributed by atoms with Crippen LogP contribution >= 0.6 is 0 Å². The smallest absolute Gasteiger partial charge is 0.219 e. The normalized spacial score (nSPS) is 18.7. The Kier molecular flexibility index (Phi) is 5.98. The number of ether oxygens (including phenoxy) is 1. The Hall–Kier alpha value is -2.08. The molecule has 0 spiro atoms. The first-order valence-electron chi connectivity index (χ1n) is 7.99. The van der Waals surface area contributed by atoms with Gasteiger partial charge in [0, 0.05) is 45.6 Å². The third-order valence-corrected chi connectivity index (χ3v) is 4.11. The second-order valence-corrected chi connectivity index (χ2v) is 5.84. The fourth-order valence-corrected chi connectivity index (χ4v) is 2.91. The SMILES string of the molecule is CCOc1ccc(CN2CCN(C(C)=O)CC2CC(N)=O)cc1. The lowest BCUT2D eigenvalue weighted by Crippen LogP contribution is -2.54. The van der Waals surface area contributed by atoms with Crippen molar-refractivity contribution >= 4 is 11.8 Å². The molecule has 0 aliphatic carbocycles. The molecule has 1 fully saturated rings. The zero-order valence-corrected chi connectivity index (χ0v) is 13.8. The summed E-state index contributed by atoms with van der Waals surface area (Å²) in [5, 5.41) is 0. The number of carbonyl (C=O) groups is 2. The van der Waals surface area contributed by atoms with Crippen LogP contribution in [0.3, 0.4) is 0 Å². The van der Waals surface area contributed by atoms with Gasteiger partial charge >= 0.3 is 0 Å². The summed E-state index contributed by atoms with van der Waals surface area (Å²) in [7, 11) is 0. The van der Waals surface area contributed by atoms with Gasteiger partial charge in [-0.3, -0.25) is 14.5 Å². The van der Waals surface area contributed by atoms with Gasteiger partial charge in [-0.2, -0.15) is 0 Å². The predicted octanol–water partition coefficient (Wildman–Crippen LogP) is 0.993. The molecular weight excluding hydrogens is 294 g/mol. The van der Waals surface area contributed by atoms with Crippen LogP contribution < -0.4 is 10.5 Å². The maximum Gasteiger partial charge on any atom is 0.219 e. The van der Waals surface area contributed by atoms with Crippen LogP contribution in [0.15, 0.2) is 24.3 Å². The monoisotopic (exact) mass is 319 g/mol. The molecule has 0 bridgehead atoms. The molecular formula is C17H25N3O3. The van der Waals surface area contributed by atoms with Crippen LogP contribution in [0.2, 0.25) is 0 Å². The van der Waals surface area contributed by atoms with E-state index >= 15 is 0 Å². The molecule has 23 heavy (non-hydrogen) atoms. The molecule has 1 aliphatic heterocycles. The van der Waals surface area contributed by atoms with Gasteiger partial charge in [-0.25, -0.2) is 0 Å². The van der Waals surface area contributed by atoms with E-state index < -0.39 is 0 Å². The average Bonchev–Trinajstić information content (AvgIpc) is 2.50. The molecule has 0 radical (unpaired) electrons. The highest BCUT2D eigenvalue weighted by molar-refractivity contribution is 5.75. The molecule has 1 unspecified atom stereocenters. The average molecular weight is 319 g/mol. The van der Waals surface area contributed by atoms with Crippen LogP contribution in [-0.4, -0.2) is 53.9 Å². The maximum absolute atomic E-state index is 11.6. The number of piperazine rings is 1. The lowest BCUT2D eigenvalue weighted by molar-refractivity contribution is -0.133. The minimum atomic E-state index is -0.336. The minimum absolute atomic E-state index is 0.0308. The van der Waals surface area contributed by atoms with Crippen molar-refractivity contribution < 1.29 is 14.3 Å². The van der Waals surface area contributed by atoms with Gasteiger partial charge in [-0.15, -0.1) is 0 Å². The zero-order valence-electron chi connectivity index (χ0n) is 13.8. The molecule has 6 heteroatoms. The second kappa shape index (κ2) is 7.97. The van der Waals surface area contributed by atoms with Gasteiger partial charge in [-0.05, 0) is 24.6 Å². The Balaban J connectivity index is 2.03. The van der Waals surface area contributed by atoms with E-state index in [1.54, 1.807) is 11.8 Å². The van der Waals surface area contributed by atoms with Gasteiger partial charge in [0.05, 0.1) is 6.61 Å². The van der Waals surface area contributed by atoms with Crippen LogP contribution in [0.25, 0.3) is 0 Å². The molecule has 0 aromatic heterocycles. The number of nitrogens with two attached hydrogens (primary N) is 1. The van der Waals surface area contributed by atoms with Crippen molar-refractivity contribution in [1.29, 1.82) is 0 Å². The first kappa shape index (κ1) is 17.3. The molecule has 1 aliphatic rings. The molecule has 1 aromatic carbocycles. The minimum Gasteiger partial charge on any atom is -0.494 e. The highest BCUT2D eigenvalue weighted by Crippen LogP contribution is 2.19. The summed E-state index contributed by atoms with van der Waals surface area (Å²) in [6, 6.07) is 7.94. The second-order valence-electron chi connectivity index (χ2n) is 5.84.